The molecule has 4 nitrogen and oxygen atoms in total. The first-order valence-corrected chi connectivity index (χ1v) is 5.24. The predicted molar refractivity (Wildman–Crippen MR) is 57.8 cm³/mol. The van der Waals surface area contributed by atoms with Crippen LogP contribution in [0.25, 0.3) is 0 Å². The second kappa shape index (κ2) is 4.41. The molecule has 1 amide bonds. The molecule has 0 saturated carbocycles. The molecule has 0 radical (unpaired) electrons. The van der Waals surface area contributed by atoms with Crippen LogP contribution in [0.15, 0.2) is 11.4 Å². The molecule has 0 saturated heterocycles. The first kappa shape index (κ1) is 13.0. The largest absolute Gasteiger partial charge is 0.465 e. The van der Waals surface area contributed by atoms with Crippen LogP contribution in [-0.2, 0) is 0 Å². The summed E-state index contributed by atoms with van der Waals surface area (Å²) in [6.45, 7) is 5.13. The van der Waals surface area contributed by atoms with Gasteiger partial charge >= 0.3 is 6.09 Å². The Kier molecular flexibility index (Phi) is 3.57. The monoisotopic (exact) mass is 231 g/mol. The Hall–Kier alpha value is -1.10. The van der Waals surface area contributed by atoms with Crippen LogP contribution in [0.4, 0.5) is 9.18 Å². The van der Waals surface area contributed by atoms with Gasteiger partial charge in [-0.15, -0.1) is 0 Å². The van der Waals surface area contributed by atoms with Gasteiger partial charge in [0.15, 0.2) is 0 Å². The number of carbonyl (C=O) groups is 1. The zero-order chi connectivity index (χ0) is 12.5. The smallest absolute Gasteiger partial charge is 0.407 e. The van der Waals surface area contributed by atoms with Gasteiger partial charge in [-0.1, -0.05) is 20.8 Å². The molecule has 5 heteroatoms. The van der Waals surface area contributed by atoms with E-state index in [2.05, 4.69) is 0 Å². The number of amides is 1. The third-order valence-corrected chi connectivity index (χ3v) is 2.94. The summed E-state index contributed by atoms with van der Waals surface area (Å²) in [6, 6.07) is -0.299. The summed E-state index contributed by atoms with van der Waals surface area (Å²) in [5.74, 6) is -0.523. The molecule has 1 atom stereocenters. The Morgan fingerprint density at radius 2 is 2.12 bits per heavy atom. The van der Waals surface area contributed by atoms with Crippen molar-refractivity contribution < 1.29 is 19.4 Å². The number of nitrogens with zero attached hydrogens (tertiary/aromatic N) is 1. The van der Waals surface area contributed by atoms with Crippen molar-refractivity contribution in [2.24, 2.45) is 5.41 Å². The molecular weight excluding hydrogens is 213 g/mol. The fourth-order valence-corrected chi connectivity index (χ4v) is 1.95. The van der Waals surface area contributed by atoms with E-state index in [1.54, 1.807) is 0 Å². The molecule has 16 heavy (non-hydrogen) atoms. The van der Waals surface area contributed by atoms with Gasteiger partial charge in [0.25, 0.3) is 0 Å². The summed E-state index contributed by atoms with van der Waals surface area (Å²) in [6.07, 6.45) is -0.856. The van der Waals surface area contributed by atoms with Gasteiger partial charge in [0, 0.05) is 6.04 Å². The minimum absolute atomic E-state index is 0.257. The van der Waals surface area contributed by atoms with Crippen LogP contribution in [-0.4, -0.2) is 40.4 Å². The van der Waals surface area contributed by atoms with Gasteiger partial charge in [0.1, 0.15) is 5.83 Å². The number of halogens is 1. The molecule has 1 heterocycles. The van der Waals surface area contributed by atoms with Crippen molar-refractivity contribution in [3.8, 4) is 0 Å². The minimum atomic E-state index is -1.12. The van der Waals surface area contributed by atoms with Gasteiger partial charge in [-0.3, -0.25) is 4.90 Å². The van der Waals surface area contributed by atoms with Crippen molar-refractivity contribution in [2.45, 2.75) is 33.2 Å². The molecule has 92 valence electrons. The van der Waals surface area contributed by atoms with Crippen molar-refractivity contribution >= 4 is 6.09 Å². The summed E-state index contributed by atoms with van der Waals surface area (Å²) in [5.41, 5.74) is 0.0388. The average molecular weight is 231 g/mol. The Balaban J connectivity index is 3.02. The zero-order valence-corrected chi connectivity index (χ0v) is 9.83. The maximum atomic E-state index is 13.4. The quantitative estimate of drug-likeness (QED) is 0.725. The third-order valence-electron chi connectivity index (χ3n) is 2.94. The molecule has 0 spiro atoms. The Morgan fingerprint density at radius 1 is 1.56 bits per heavy atom. The topological polar surface area (TPSA) is 60.8 Å². The van der Waals surface area contributed by atoms with E-state index in [-0.39, 0.29) is 31.0 Å². The SMILES string of the molecule is CC(C)(C)C1CC(CO)=C(F)CN1C(=O)O. The van der Waals surface area contributed by atoms with E-state index < -0.39 is 11.9 Å². The molecule has 0 fully saturated rings. The maximum absolute atomic E-state index is 13.4. The van der Waals surface area contributed by atoms with Crippen LogP contribution in [0.2, 0.25) is 0 Å². The van der Waals surface area contributed by atoms with E-state index in [0.717, 1.165) is 4.90 Å². The fourth-order valence-electron chi connectivity index (χ4n) is 1.95. The number of hydrogen-bond donors (Lipinski definition) is 2. The molecule has 2 N–H and O–H groups in total. The van der Waals surface area contributed by atoms with E-state index >= 15 is 0 Å². The number of aliphatic hydroxyl groups is 1. The van der Waals surface area contributed by atoms with Crippen LogP contribution >= 0.6 is 0 Å². The van der Waals surface area contributed by atoms with Gasteiger partial charge in [-0.05, 0) is 17.4 Å². The Labute approximate surface area is 94.4 Å². The highest BCUT2D eigenvalue weighted by atomic mass is 19.1. The van der Waals surface area contributed by atoms with Crippen molar-refractivity contribution in [2.75, 3.05) is 13.2 Å². The number of carboxylic acid groups (broad SMARTS) is 1. The molecule has 1 aliphatic rings. The molecule has 0 aromatic carbocycles. The predicted octanol–water partition coefficient (Wildman–Crippen LogP) is 2.00. The molecular formula is C11H18FNO3. The summed E-state index contributed by atoms with van der Waals surface area (Å²) in [7, 11) is 0. The molecule has 0 bridgehead atoms. The first-order chi connectivity index (χ1) is 7.27. The number of hydrogen-bond acceptors (Lipinski definition) is 2. The van der Waals surface area contributed by atoms with Crippen molar-refractivity contribution in [3.63, 3.8) is 0 Å². The highest BCUT2D eigenvalue weighted by molar-refractivity contribution is 5.66. The summed E-state index contributed by atoms with van der Waals surface area (Å²) >= 11 is 0. The highest BCUT2D eigenvalue weighted by Gasteiger charge is 2.38. The average Bonchev–Trinajstić information content (AvgIpc) is 2.15. The standard InChI is InChI=1S/C11H18FNO3/c1-11(2,3)9-4-7(6-14)8(12)5-13(9)10(15)16/h9,14H,4-6H2,1-3H3,(H,15,16). The lowest BCUT2D eigenvalue weighted by molar-refractivity contribution is 0.0740. The van der Waals surface area contributed by atoms with Gasteiger partial charge in [-0.25, -0.2) is 9.18 Å². The fraction of sp³-hybridized carbons (Fsp3) is 0.727. The van der Waals surface area contributed by atoms with E-state index in [9.17, 15) is 9.18 Å². The van der Waals surface area contributed by atoms with Crippen LogP contribution < -0.4 is 0 Å². The third kappa shape index (κ3) is 2.52. The van der Waals surface area contributed by atoms with Crippen LogP contribution in [0.1, 0.15) is 27.2 Å². The number of aliphatic hydroxyl groups excluding tert-OH is 1. The van der Waals surface area contributed by atoms with Gasteiger partial charge in [0.05, 0.1) is 13.2 Å². The molecule has 0 aromatic heterocycles. The second-order valence-corrected chi connectivity index (χ2v) is 5.16. The van der Waals surface area contributed by atoms with Gasteiger partial charge in [-0.2, -0.15) is 0 Å². The van der Waals surface area contributed by atoms with Crippen molar-refractivity contribution in [3.05, 3.63) is 11.4 Å². The maximum Gasteiger partial charge on any atom is 0.407 e. The highest BCUT2D eigenvalue weighted by Crippen LogP contribution is 2.34. The van der Waals surface area contributed by atoms with E-state index in [1.807, 2.05) is 20.8 Å². The lowest BCUT2D eigenvalue weighted by atomic mass is 9.80. The van der Waals surface area contributed by atoms with Crippen molar-refractivity contribution in [1.29, 1.82) is 0 Å². The molecule has 1 unspecified atom stereocenters. The summed E-state index contributed by atoms with van der Waals surface area (Å²) in [4.78, 5) is 12.1. The Morgan fingerprint density at radius 3 is 2.50 bits per heavy atom. The molecule has 1 rings (SSSR count). The normalized spacial score (nSPS) is 22.6. The zero-order valence-electron chi connectivity index (χ0n) is 9.83. The van der Waals surface area contributed by atoms with Crippen LogP contribution in [0.3, 0.4) is 0 Å². The van der Waals surface area contributed by atoms with E-state index in [0.29, 0.717) is 5.57 Å². The van der Waals surface area contributed by atoms with Gasteiger partial charge < -0.3 is 10.2 Å². The molecule has 1 aliphatic heterocycles. The lowest BCUT2D eigenvalue weighted by Crippen LogP contribution is -2.50. The molecule has 0 aliphatic carbocycles. The number of rotatable bonds is 1. The van der Waals surface area contributed by atoms with E-state index in [1.165, 1.54) is 0 Å². The summed E-state index contributed by atoms with van der Waals surface area (Å²) < 4.78 is 13.4. The summed E-state index contributed by atoms with van der Waals surface area (Å²) in [5, 5.41) is 18.0. The lowest BCUT2D eigenvalue weighted by Gasteiger charge is -2.41. The minimum Gasteiger partial charge on any atom is -0.465 e. The first-order valence-electron chi connectivity index (χ1n) is 5.24. The van der Waals surface area contributed by atoms with E-state index in [4.69, 9.17) is 10.2 Å². The van der Waals surface area contributed by atoms with Gasteiger partial charge in [0.2, 0.25) is 0 Å². The Bertz CT molecular complexity index is 320. The second-order valence-electron chi connectivity index (χ2n) is 5.16. The van der Waals surface area contributed by atoms with Crippen LogP contribution in [0, 0.1) is 5.41 Å². The molecule has 0 aromatic rings. The van der Waals surface area contributed by atoms with Crippen LogP contribution in [0.5, 0.6) is 0 Å². The van der Waals surface area contributed by atoms with Crippen molar-refractivity contribution in [1.82, 2.24) is 4.90 Å².